The van der Waals surface area contributed by atoms with E-state index in [1.54, 1.807) is 4.90 Å². The van der Waals surface area contributed by atoms with Crippen molar-refractivity contribution < 1.29 is 9.90 Å². The first-order chi connectivity index (χ1) is 13.1. The lowest BCUT2D eigenvalue weighted by Gasteiger charge is -2.14. The summed E-state index contributed by atoms with van der Waals surface area (Å²) >= 11 is 0. The van der Waals surface area contributed by atoms with Crippen molar-refractivity contribution in [3.05, 3.63) is 102 Å². The van der Waals surface area contributed by atoms with Crippen LogP contribution >= 0.6 is 0 Å². The van der Waals surface area contributed by atoms with E-state index in [9.17, 15) is 4.79 Å². The van der Waals surface area contributed by atoms with Gasteiger partial charge in [0.2, 0.25) is 0 Å². The average Bonchev–Trinajstić information content (AvgIpc) is 2.69. The molecule has 3 nitrogen and oxygen atoms in total. The van der Waals surface area contributed by atoms with E-state index in [0.29, 0.717) is 6.54 Å². The Balaban J connectivity index is 1.90. The average molecular weight is 357 g/mol. The van der Waals surface area contributed by atoms with Crippen LogP contribution in [0.2, 0.25) is 0 Å². The molecule has 1 N–H and O–H groups in total. The van der Waals surface area contributed by atoms with E-state index < -0.39 is 5.97 Å². The normalized spacial score (nSPS) is 11.6. The Kier molecular flexibility index (Phi) is 6.18. The standard InChI is InChI=1S/C24H23NO2/c1-25(18-24(26)27)17-16-23(21-10-6-3-7-11-21)22-14-12-20(13-15-22)19-8-4-2-5-9-19/h2-16H,17-18H2,1H3,(H,26,27). The zero-order valence-corrected chi connectivity index (χ0v) is 15.4. The van der Waals surface area contributed by atoms with Crippen molar-refractivity contribution in [3.63, 3.8) is 0 Å². The molecule has 136 valence electrons. The predicted molar refractivity (Wildman–Crippen MR) is 111 cm³/mol. The van der Waals surface area contributed by atoms with Crippen molar-refractivity contribution in [2.24, 2.45) is 0 Å². The molecule has 0 radical (unpaired) electrons. The smallest absolute Gasteiger partial charge is 0.317 e. The van der Waals surface area contributed by atoms with E-state index in [2.05, 4.69) is 54.6 Å². The Morgan fingerprint density at radius 2 is 1.33 bits per heavy atom. The Morgan fingerprint density at radius 3 is 1.93 bits per heavy atom. The van der Waals surface area contributed by atoms with E-state index in [-0.39, 0.29) is 6.54 Å². The largest absolute Gasteiger partial charge is 0.480 e. The number of likely N-dealkylation sites (N-methyl/N-ethyl adjacent to an activating group) is 1. The van der Waals surface area contributed by atoms with E-state index in [1.165, 1.54) is 11.1 Å². The fourth-order valence-corrected chi connectivity index (χ4v) is 3.04. The number of hydrogen-bond acceptors (Lipinski definition) is 2. The highest BCUT2D eigenvalue weighted by molar-refractivity contribution is 5.81. The number of aliphatic carboxylic acids is 1. The second-order valence-corrected chi connectivity index (χ2v) is 6.52. The molecule has 3 heteroatoms. The first-order valence-corrected chi connectivity index (χ1v) is 8.95. The summed E-state index contributed by atoms with van der Waals surface area (Å²) in [5, 5.41) is 8.96. The van der Waals surface area contributed by atoms with Crippen LogP contribution in [0.15, 0.2) is 91.0 Å². The van der Waals surface area contributed by atoms with Crippen molar-refractivity contribution in [1.82, 2.24) is 4.90 Å². The summed E-state index contributed by atoms with van der Waals surface area (Å²) in [6.45, 7) is 0.586. The van der Waals surface area contributed by atoms with Gasteiger partial charge in [0.25, 0.3) is 0 Å². The van der Waals surface area contributed by atoms with E-state index >= 15 is 0 Å². The highest BCUT2D eigenvalue weighted by Gasteiger charge is 2.08. The Labute approximate surface area is 160 Å². The molecule has 3 aromatic rings. The molecule has 0 aliphatic heterocycles. The second kappa shape index (κ2) is 8.97. The molecule has 0 amide bonds. The minimum absolute atomic E-state index is 0.0194. The van der Waals surface area contributed by atoms with E-state index in [4.69, 9.17) is 5.11 Å². The first-order valence-electron chi connectivity index (χ1n) is 8.95. The quantitative estimate of drug-likeness (QED) is 0.660. The second-order valence-electron chi connectivity index (χ2n) is 6.52. The molecule has 0 fully saturated rings. The molecule has 0 saturated carbocycles. The molecule has 0 heterocycles. The maximum absolute atomic E-state index is 10.9. The summed E-state index contributed by atoms with van der Waals surface area (Å²) in [5.41, 5.74) is 5.70. The third-order valence-corrected chi connectivity index (χ3v) is 4.40. The summed E-state index contributed by atoms with van der Waals surface area (Å²) in [6.07, 6.45) is 2.09. The molecule has 0 atom stereocenters. The molecule has 0 spiro atoms. The highest BCUT2D eigenvalue weighted by Crippen LogP contribution is 2.26. The molecule has 0 bridgehead atoms. The van der Waals surface area contributed by atoms with Gasteiger partial charge in [0.15, 0.2) is 0 Å². The Morgan fingerprint density at radius 1 is 0.815 bits per heavy atom. The maximum Gasteiger partial charge on any atom is 0.317 e. The van der Waals surface area contributed by atoms with E-state index in [0.717, 1.165) is 16.7 Å². The molecular weight excluding hydrogens is 334 g/mol. The van der Waals surface area contributed by atoms with Crippen LogP contribution in [0.1, 0.15) is 11.1 Å². The van der Waals surface area contributed by atoms with Crippen LogP contribution in [-0.2, 0) is 4.79 Å². The zero-order chi connectivity index (χ0) is 19.1. The summed E-state index contributed by atoms with van der Waals surface area (Å²) < 4.78 is 0. The number of hydrogen-bond donors (Lipinski definition) is 1. The number of benzene rings is 3. The summed E-state index contributed by atoms with van der Waals surface area (Å²) in [4.78, 5) is 12.7. The van der Waals surface area contributed by atoms with Gasteiger partial charge in [-0.1, -0.05) is 91.0 Å². The summed E-state index contributed by atoms with van der Waals surface area (Å²) in [5.74, 6) is -0.820. The van der Waals surface area contributed by atoms with Crippen molar-refractivity contribution in [2.75, 3.05) is 20.1 Å². The van der Waals surface area contributed by atoms with Gasteiger partial charge in [-0.05, 0) is 34.9 Å². The van der Waals surface area contributed by atoms with Gasteiger partial charge in [-0.15, -0.1) is 0 Å². The number of nitrogens with zero attached hydrogens (tertiary/aromatic N) is 1. The van der Waals surface area contributed by atoms with Gasteiger partial charge in [-0.3, -0.25) is 9.69 Å². The Bertz CT molecular complexity index is 900. The molecule has 0 aromatic heterocycles. The van der Waals surface area contributed by atoms with Gasteiger partial charge >= 0.3 is 5.97 Å². The maximum atomic E-state index is 10.9. The first kappa shape index (κ1) is 18.6. The lowest BCUT2D eigenvalue weighted by molar-refractivity contribution is -0.137. The predicted octanol–water partition coefficient (Wildman–Crippen LogP) is 4.80. The SMILES string of the molecule is CN(CC=C(c1ccccc1)c1ccc(-c2ccccc2)cc1)CC(=O)O. The fraction of sp³-hybridized carbons (Fsp3) is 0.125. The van der Waals surface area contributed by atoms with Crippen LogP contribution in [0.4, 0.5) is 0 Å². The lowest BCUT2D eigenvalue weighted by Crippen LogP contribution is -2.25. The van der Waals surface area contributed by atoms with Crippen LogP contribution in [0, 0.1) is 0 Å². The molecule has 0 unspecified atom stereocenters. The van der Waals surface area contributed by atoms with Crippen molar-refractivity contribution in [3.8, 4) is 11.1 Å². The lowest BCUT2D eigenvalue weighted by atomic mass is 9.95. The molecule has 0 aliphatic carbocycles. The van der Waals surface area contributed by atoms with Crippen LogP contribution in [0.25, 0.3) is 16.7 Å². The van der Waals surface area contributed by atoms with Crippen molar-refractivity contribution in [2.45, 2.75) is 0 Å². The topological polar surface area (TPSA) is 40.5 Å². The monoisotopic (exact) mass is 357 g/mol. The fourth-order valence-electron chi connectivity index (χ4n) is 3.04. The highest BCUT2D eigenvalue weighted by atomic mass is 16.4. The van der Waals surface area contributed by atoms with Crippen LogP contribution < -0.4 is 0 Å². The third kappa shape index (κ3) is 5.16. The van der Waals surface area contributed by atoms with Gasteiger partial charge < -0.3 is 5.11 Å². The van der Waals surface area contributed by atoms with Gasteiger partial charge in [-0.25, -0.2) is 0 Å². The molecule has 3 aromatic carbocycles. The zero-order valence-electron chi connectivity index (χ0n) is 15.4. The van der Waals surface area contributed by atoms with Crippen molar-refractivity contribution >= 4 is 11.5 Å². The number of carboxylic acids is 1. The summed E-state index contributed by atoms with van der Waals surface area (Å²) in [6, 6.07) is 29.0. The molecule has 0 saturated heterocycles. The van der Waals surface area contributed by atoms with Gasteiger partial charge in [-0.2, -0.15) is 0 Å². The van der Waals surface area contributed by atoms with Crippen LogP contribution in [0.5, 0.6) is 0 Å². The number of rotatable bonds is 7. The van der Waals surface area contributed by atoms with Gasteiger partial charge in [0.05, 0.1) is 6.54 Å². The Hall–Kier alpha value is -3.17. The minimum atomic E-state index is -0.820. The van der Waals surface area contributed by atoms with Gasteiger partial charge in [0.1, 0.15) is 0 Å². The molecule has 27 heavy (non-hydrogen) atoms. The van der Waals surface area contributed by atoms with Gasteiger partial charge in [0, 0.05) is 6.54 Å². The third-order valence-electron chi connectivity index (χ3n) is 4.40. The van der Waals surface area contributed by atoms with Crippen LogP contribution in [-0.4, -0.2) is 36.1 Å². The van der Waals surface area contributed by atoms with Crippen LogP contribution in [0.3, 0.4) is 0 Å². The van der Waals surface area contributed by atoms with Crippen molar-refractivity contribution in [1.29, 1.82) is 0 Å². The minimum Gasteiger partial charge on any atom is -0.480 e. The number of carboxylic acid groups (broad SMARTS) is 1. The van der Waals surface area contributed by atoms with E-state index in [1.807, 2.05) is 43.4 Å². The summed E-state index contributed by atoms with van der Waals surface area (Å²) in [7, 11) is 1.81. The molecular formula is C24H23NO2. The number of carbonyl (C=O) groups is 1. The molecule has 3 rings (SSSR count). The molecule has 0 aliphatic rings.